The second-order valence-corrected chi connectivity index (χ2v) is 3.80. The van der Waals surface area contributed by atoms with E-state index in [4.69, 9.17) is 19.7 Å². The third kappa shape index (κ3) is 11.3. The highest BCUT2D eigenvalue weighted by Crippen LogP contribution is 2.04. The van der Waals surface area contributed by atoms with Gasteiger partial charge in [-0.2, -0.15) is 0 Å². The van der Waals surface area contributed by atoms with Crippen molar-refractivity contribution < 1.29 is 29.3 Å². The van der Waals surface area contributed by atoms with Crippen LogP contribution >= 0.6 is 0 Å². The van der Waals surface area contributed by atoms with Gasteiger partial charge in [0.1, 0.15) is 13.2 Å². The third-order valence-electron chi connectivity index (χ3n) is 2.19. The molecule has 1 aliphatic rings. The van der Waals surface area contributed by atoms with Gasteiger partial charge in [-0.3, -0.25) is 9.59 Å². The normalized spacial score (nSPS) is 17.0. The number of ether oxygens (including phenoxy) is 2. The molecule has 0 radical (unpaired) electrons. The second kappa shape index (κ2) is 12.3. The Balaban J connectivity index is 0.000000411. The Morgan fingerprint density at radius 3 is 1.56 bits per heavy atom. The minimum Gasteiger partial charge on any atom is -0.462 e. The number of carbonyl (C=O) groups excluding carboxylic acids is 2. The van der Waals surface area contributed by atoms with E-state index in [2.05, 4.69) is 0 Å². The Kier molecular flexibility index (Phi) is 11.5. The number of rotatable bonds is 3. The monoisotopic (exact) mass is 262 g/mol. The fraction of sp³-hybridized carbons (Fsp3) is 0.833. The predicted molar refractivity (Wildman–Crippen MR) is 63.8 cm³/mol. The average Bonchev–Trinajstić information content (AvgIpc) is 2.38. The molecular weight excluding hydrogens is 240 g/mol. The third-order valence-corrected chi connectivity index (χ3v) is 2.19. The van der Waals surface area contributed by atoms with Gasteiger partial charge in [0.2, 0.25) is 0 Å². The van der Waals surface area contributed by atoms with Crippen molar-refractivity contribution in [1.82, 2.24) is 0 Å². The lowest BCUT2D eigenvalue weighted by Crippen LogP contribution is -2.15. The average molecular weight is 262 g/mol. The number of aliphatic hydroxyl groups excluding tert-OH is 2. The lowest BCUT2D eigenvalue weighted by molar-refractivity contribution is -0.153. The van der Waals surface area contributed by atoms with Crippen LogP contribution < -0.4 is 0 Å². The van der Waals surface area contributed by atoms with Crippen molar-refractivity contribution in [2.45, 2.75) is 38.5 Å². The van der Waals surface area contributed by atoms with E-state index in [0.717, 1.165) is 12.8 Å². The first-order valence-corrected chi connectivity index (χ1v) is 6.23. The van der Waals surface area contributed by atoms with Crippen molar-refractivity contribution in [2.75, 3.05) is 26.4 Å². The largest absolute Gasteiger partial charge is 0.462 e. The van der Waals surface area contributed by atoms with Crippen LogP contribution in [-0.4, -0.2) is 48.6 Å². The summed E-state index contributed by atoms with van der Waals surface area (Å²) in [6, 6.07) is 0. The molecule has 1 fully saturated rings. The topological polar surface area (TPSA) is 93.1 Å². The van der Waals surface area contributed by atoms with E-state index >= 15 is 0 Å². The van der Waals surface area contributed by atoms with Gasteiger partial charge in [-0.25, -0.2) is 0 Å². The van der Waals surface area contributed by atoms with Crippen molar-refractivity contribution >= 4 is 11.9 Å². The van der Waals surface area contributed by atoms with E-state index in [1.165, 1.54) is 0 Å². The van der Waals surface area contributed by atoms with Gasteiger partial charge in [0.15, 0.2) is 0 Å². The summed E-state index contributed by atoms with van der Waals surface area (Å²) in [5.41, 5.74) is 0. The molecule has 1 rings (SSSR count). The summed E-state index contributed by atoms with van der Waals surface area (Å²) in [6.45, 7) is 0.760. The minimum absolute atomic E-state index is 0.185. The van der Waals surface area contributed by atoms with E-state index in [0.29, 0.717) is 25.7 Å². The standard InChI is InChI=1S/C8H12O4.C4H10O2/c9-7-3-1-2-4-8(10)12-6-5-11-7;5-3-1-2-4-6/h1-6H2;5-6H,1-4H2. The number of aliphatic hydroxyl groups is 2. The summed E-state index contributed by atoms with van der Waals surface area (Å²) in [6.07, 6.45) is 3.66. The van der Waals surface area contributed by atoms with Crippen LogP contribution in [0.3, 0.4) is 0 Å². The highest BCUT2D eigenvalue weighted by atomic mass is 16.6. The second-order valence-electron chi connectivity index (χ2n) is 3.80. The number of cyclic esters (lactones) is 2. The molecule has 6 nitrogen and oxygen atoms in total. The SMILES string of the molecule is O=C1CCCCC(=O)OCCO1.OCCCCO. The molecule has 0 amide bonds. The van der Waals surface area contributed by atoms with Crippen molar-refractivity contribution in [3.63, 3.8) is 0 Å². The fourth-order valence-corrected chi connectivity index (χ4v) is 1.22. The maximum atomic E-state index is 10.8. The summed E-state index contributed by atoms with van der Waals surface area (Å²) in [7, 11) is 0. The van der Waals surface area contributed by atoms with E-state index in [1.807, 2.05) is 0 Å². The molecule has 0 saturated carbocycles. The quantitative estimate of drug-likeness (QED) is 0.565. The Hall–Kier alpha value is -1.14. The maximum absolute atomic E-state index is 10.8. The van der Waals surface area contributed by atoms with Gasteiger partial charge in [0.05, 0.1) is 0 Å². The zero-order valence-electron chi connectivity index (χ0n) is 10.6. The molecule has 0 aromatic carbocycles. The van der Waals surface area contributed by atoms with Crippen LogP contribution in [0.25, 0.3) is 0 Å². The molecule has 0 spiro atoms. The zero-order chi connectivity index (χ0) is 13.6. The summed E-state index contributed by atoms with van der Waals surface area (Å²) < 4.78 is 9.50. The lowest BCUT2D eigenvalue weighted by atomic mass is 10.2. The summed E-state index contributed by atoms with van der Waals surface area (Å²) in [5, 5.41) is 16.2. The van der Waals surface area contributed by atoms with Crippen molar-refractivity contribution in [1.29, 1.82) is 0 Å². The van der Waals surface area contributed by atoms with E-state index in [-0.39, 0.29) is 38.4 Å². The smallest absolute Gasteiger partial charge is 0.305 e. The molecule has 0 aromatic heterocycles. The molecule has 18 heavy (non-hydrogen) atoms. The van der Waals surface area contributed by atoms with Crippen LogP contribution in [0.1, 0.15) is 38.5 Å². The fourth-order valence-electron chi connectivity index (χ4n) is 1.22. The van der Waals surface area contributed by atoms with Crippen LogP contribution in [0.2, 0.25) is 0 Å². The van der Waals surface area contributed by atoms with Crippen LogP contribution in [0.15, 0.2) is 0 Å². The molecular formula is C12H22O6. The predicted octanol–water partition coefficient (Wildman–Crippen LogP) is 0.398. The van der Waals surface area contributed by atoms with E-state index in [1.54, 1.807) is 0 Å². The number of hydrogen-bond acceptors (Lipinski definition) is 6. The van der Waals surface area contributed by atoms with Gasteiger partial charge in [0, 0.05) is 26.1 Å². The number of hydrogen-bond donors (Lipinski definition) is 2. The summed E-state index contributed by atoms with van der Waals surface area (Å²) in [4.78, 5) is 21.6. The molecule has 0 bridgehead atoms. The van der Waals surface area contributed by atoms with Gasteiger partial charge in [0.25, 0.3) is 0 Å². The number of carbonyl (C=O) groups is 2. The minimum atomic E-state index is -0.201. The lowest BCUT2D eigenvalue weighted by Gasteiger charge is -2.08. The number of unbranched alkanes of at least 4 members (excludes halogenated alkanes) is 1. The Morgan fingerprint density at radius 2 is 1.22 bits per heavy atom. The summed E-state index contributed by atoms with van der Waals surface area (Å²) >= 11 is 0. The zero-order valence-corrected chi connectivity index (χ0v) is 10.6. The van der Waals surface area contributed by atoms with Crippen LogP contribution in [0, 0.1) is 0 Å². The molecule has 0 atom stereocenters. The Morgan fingerprint density at radius 1 is 0.833 bits per heavy atom. The highest BCUT2D eigenvalue weighted by Gasteiger charge is 2.08. The van der Waals surface area contributed by atoms with Crippen molar-refractivity contribution in [2.24, 2.45) is 0 Å². The van der Waals surface area contributed by atoms with Gasteiger partial charge in [-0.1, -0.05) is 0 Å². The molecule has 1 heterocycles. The van der Waals surface area contributed by atoms with Crippen LogP contribution in [0.4, 0.5) is 0 Å². The molecule has 1 saturated heterocycles. The van der Waals surface area contributed by atoms with Crippen LogP contribution in [-0.2, 0) is 19.1 Å². The van der Waals surface area contributed by atoms with Gasteiger partial charge in [-0.05, 0) is 25.7 Å². The van der Waals surface area contributed by atoms with E-state index < -0.39 is 0 Å². The van der Waals surface area contributed by atoms with Crippen molar-refractivity contribution in [3.8, 4) is 0 Å². The Labute approximate surface area is 107 Å². The van der Waals surface area contributed by atoms with Gasteiger partial charge >= 0.3 is 11.9 Å². The molecule has 0 aromatic rings. The molecule has 0 unspecified atom stereocenters. The molecule has 6 heteroatoms. The highest BCUT2D eigenvalue weighted by molar-refractivity contribution is 5.71. The molecule has 0 aliphatic carbocycles. The van der Waals surface area contributed by atoms with E-state index in [9.17, 15) is 9.59 Å². The molecule has 2 N–H and O–H groups in total. The first-order valence-electron chi connectivity index (χ1n) is 6.23. The summed E-state index contributed by atoms with van der Waals surface area (Å²) in [5.74, 6) is -0.402. The van der Waals surface area contributed by atoms with Gasteiger partial charge in [-0.15, -0.1) is 0 Å². The Bertz CT molecular complexity index is 189. The van der Waals surface area contributed by atoms with Crippen LogP contribution in [0.5, 0.6) is 0 Å². The first-order chi connectivity index (χ1) is 8.70. The number of esters is 2. The first kappa shape index (κ1) is 16.9. The van der Waals surface area contributed by atoms with Crippen molar-refractivity contribution in [3.05, 3.63) is 0 Å². The molecule has 1 aliphatic heterocycles. The van der Waals surface area contributed by atoms with Gasteiger partial charge < -0.3 is 19.7 Å². The maximum Gasteiger partial charge on any atom is 0.305 e. The molecule has 106 valence electrons.